The van der Waals surface area contributed by atoms with Crippen molar-refractivity contribution in [3.05, 3.63) is 47.5 Å². The van der Waals surface area contributed by atoms with Crippen molar-refractivity contribution >= 4 is 35.6 Å². The Bertz CT molecular complexity index is 1150. The first-order valence-corrected chi connectivity index (χ1v) is 13.5. The lowest BCUT2D eigenvalue weighted by Gasteiger charge is -2.26. The van der Waals surface area contributed by atoms with Crippen LogP contribution < -0.4 is 32.7 Å². The zero-order chi connectivity index (χ0) is 30.5. The van der Waals surface area contributed by atoms with Crippen molar-refractivity contribution in [2.45, 2.75) is 64.6 Å². The third-order valence-electron chi connectivity index (χ3n) is 6.56. The molecule has 4 atom stereocenters. The summed E-state index contributed by atoms with van der Waals surface area (Å²) in [5.74, 6) is -4.64. The Morgan fingerprint density at radius 3 is 2.29 bits per heavy atom. The number of carbonyl (C=O) groups excluding carboxylic acids is 4. The molecule has 0 spiro atoms. The quantitative estimate of drug-likeness (QED) is 0.0889. The van der Waals surface area contributed by atoms with Gasteiger partial charge < -0.3 is 37.8 Å². The van der Waals surface area contributed by atoms with E-state index < -0.39 is 60.7 Å². The van der Waals surface area contributed by atoms with Gasteiger partial charge >= 0.3 is 5.97 Å². The molecule has 2 rings (SSSR count). The molecule has 1 aliphatic heterocycles. The highest BCUT2D eigenvalue weighted by Gasteiger charge is 2.31. The van der Waals surface area contributed by atoms with Crippen LogP contribution in [0.5, 0.6) is 0 Å². The second-order valence-electron chi connectivity index (χ2n) is 10.4. The number of guanidine groups is 1. The molecule has 41 heavy (non-hydrogen) atoms. The molecule has 9 N–H and O–H groups in total. The van der Waals surface area contributed by atoms with Crippen LogP contribution in [0.3, 0.4) is 0 Å². The van der Waals surface area contributed by atoms with Gasteiger partial charge in [0.1, 0.15) is 12.1 Å². The molecule has 224 valence electrons. The summed E-state index contributed by atoms with van der Waals surface area (Å²) >= 11 is 0. The van der Waals surface area contributed by atoms with Crippen molar-refractivity contribution in [3.63, 3.8) is 0 Å². The second-order valence-corrected chi connectivity index (χ2v) is 10.4. The number of aliphatic imine (C=N–C) groups is 1. The normalized spacial score (nSPS) is 24.0. The highest BCUT2D eigenvalue weighted by Crippen LogP contribution is 2.22. The van der Waals surface area contributed by atoms with E-state index in [1.165, 1.54) is 0 Å². The molecule has 0 radical (unpaired) electrons. The van der Waals surface area contributed by atoms with E-state index in [9.17, 15) is 29.1 Å². The maximum atomic E-state index is 13.5. The molecule has 0 saturated heterocycles. The van der Waals surface area contributed by atoms with Crippen LogP contribution >= 0.6 is 0 Å². The summed E-state index contributed by atoms with van der Waals surface area (Å²) in [4.78, 5) is 67.8. The molecule has 0 bridgehead atoms. The largest absolute Gasteiger partial charge is 0.481 e. The number of nitrogens with two attached hydrogens (primary N) is 2. The predicted octanol–water partition coefficient (Wildman–Crippen LogP) is -0.440. The van der Waals surface area contributed by atoms with E-state index in [0.717, 1.165) is 5.56 Å². The maximum absolute atomic E-state index is 13.5. The van der Waals surface area contributed by atoms with E-state index in [-0.39, 0.29) is 30.8 Å². The number of carbonyl (C=O) groups is 5. The maximum Gasteiger partial charge on any atom is 0.305 e. The Morgan fingerprint density at radius 2 is 1.68 bits per heavy atom. The topological polar surface area (TPSA) is 218 Å². The van der Waals surface area contributed by atoms with Gasteiger partial charge in [0.25, 0.3) is 0 Å². The van der Waals surface area contributed by atoms with Crippen molar-refractivity contribution in [2.24, 2.45) is 28.3 Å². The molecular formula is C28H41N7O6. The first kappa shape index (κ1) is 32.8. The summed E-state index contributed by atoms with van der Waals surface area (Å²) in [6.07, 6.45) is 2.04. The van der Waals surface area contributed by atoms with Gasteiger partial charge in [0.05, 0.1) is 24.9 Å². The van der Waals surface area contributed by atoms with E-state index in [0.29, 0.717) is 18.4 Å². The average Bonchev–Trinajstić information content (AvgIpc) is 2.88. The van der Waals surface area contributed by atoms with Crippen LogP contribution in [0.25, 0.3) is 0 Å². The highest BCUT2D eigenvalue weighted by molar-refractivity contribution is 5.94. The third kappa shape index (κ3) is 11.3. The fourth-order valence-corrected chi connectivity index (χ4v) is 4.71. The number of benzene rings is 1. The number of nitrogens with one attached hydrogen (secondary N) is 4. The summed E-state index contributed by atoms with van der Waals surface area (Å²) in [6.45, 7) is 5.23. The summed E-state index contributed by atoms with van der Waals surface area (Å²) in [5, 5.41) is 19.9. The van der Waals surface area contributed by atoms with Crippen LogP contribution in [0, 0.1) is 11.8 Å². The number of amides is 4. The van der Waals surface area contributed by atoms with Crippen molar-refractivity contribution in [2.75, 3.05) is 13.1 Å². The molecule has 1 aromatic rings. The van der Waals surface area contributed by atoms with Gasteiger partial charge in [-0.2, -0.15) is 0 Å². The number of rotatable bonds is 9. The van der Waals surface area contributed by atoms with E-state index in [2.05, 4.69) is 26.3 Å². The predicted molar refractivity (Wildman–Crippen MR) is 153 cm³/mol. The monoisotopic (exact) mass is 571 g/mol. The number of carboxylic acid groups (broad SMARTS) is 1. The summed E-state index contributed by atoms with van der Waals surface area (Å²) in [6, 6.07) is 6.36. The number of hydrogen-bond donors (Lipinski definition) is 7. The fraction of sp³-hybridized carbons (Fsp3) is 0.500. The minimum atomic E-state index is -1.38. The molecule has 4 amide bonds. The fourth-order valence-electron chi connectivity index (χ4n) is 4.71. The molecule has 13 nitrogen and oxygen atoms in total. The molecule has 1 aliphatic rings. The number of carboxylic acids is 1. The summed E-state index contributed by atoms with van der Waals surface area (Å²) < 4.78 is 0. The molecular weight excluding hydrogens is 530 g/mol. The molecule has 0 saturated carbocycles. The minimum Gasteiger partial charge on any atom is -0.481 e. The Labute approximate surface area is 239 Å². The molecule has 1 aromatic carbocycles. The van der Waals surface area contributed by atoms with Gasteiger partial charge in [0, 0.05) is 6.54 Å². The van der Waals surface area contributed by atoms with Gasteiger partial charge in [-0.25, -0.2) is 0 Å². The smallest absolute Gasteiger partial charge is 0.305 e. The highest BCUT2D eigenvalue weighted by atomic mass is 16.4. The van der Waals surface area contributed by atoms with E-state index in [1.54, 1.807) is 13.0 Å². The molecule has 0 aromatic heterocycles. The van der Waals surface area contributed by atoms with Gasteiger partial charge in [-0.15, -0.1) is 0 Å². The average molecular weight is 572 g/mol. The number of hydrogen-bond acceptors (Lipinski definition) is 6. The number of nitrogens with zero attached hydrogens (tertiary/aromatic N) is 1. The molecule has 13 heteroatoms. The summed E-state index contributed by atoms with van der Waals surface area (Å²) in [7, 11) is 0. The van der Waals surface area contributed by atoms with Crippen LogP contribution in [0.2, 0.25) is 0 Å². The Hall–Kier alpha value is -4.42. The van der Waals surface area contributed by atoms with Crippen LogP contribution in [-0.4, -0.2) is 71.9 Å². The van der Waals surface area contributed by atoms with E-state index in [4.69, 9.17) is 11.5 Å². The second kappa shape index (κ2) is 16.0. The molecule has 1 heterocycles. The lowest BCUT2D eigenvalue weighted by Crippen LogP contribution is -2.53. The van der Waals surface area contributed by atoms with Crippen molar-refractivity contribution in [1.82, 2.24) is 21.3 Å². The number of aliphatic carboxylic acids is 1. The van der Waals surface area contributed by atoms with Gasteiger partial charge in [-0.1, -0.05) is 55.8 Å². The SMILES string of the molecule is C/C1=C/[C@@H](Cc2ccccc2)NC(=O)[C@H](CC(=O)O)NC(=O)CNC(=O)[C@H](CCCN=C(N)N)NC(=O)[C@H]1C(C)C. The van der Waals surface area contributed by atoms with Crippen LogP contribution in [-0.2, 0) is 30.4 Å². The van der Waals surface area contributed by atoms with Crippen molar-refractivity contribution in [1.29, 1.82) is 0 Å². The Balaban J connectivity index is 2.49. The lowest BCUT2D eigenvalue weighted by atomic mass is 9.86. The lowest BCUT2D eigenvalue weighted by molar-refractivity contribution is -0.140. The van der Waals surface area contributed by atoms with Crippen LogP contribution in [0.4, 0.5) is 0 Å². The van der Waals surface area contributed by atoms with Gasteiger partial charge in [0.2, 0.25) is 23.6 Å². The van der Waals surface area contributed by atoms with E-state index in [1.807, 2.05) is 44.2 Å². The standard InChI is InChI=1S/C28H41N7O6/c1-16(2)24-17(3)12-19(13-18-8-5-4-6-9-18)33-26(40)21(14-23(37)38)34-22(36)15-32-25(39)20(35-27(24)41)10-7-11-31-28(29)30/h4-6,8-9,12,16,19-21,24H,7,10-11,13-15H2,1-3H3,(H,32,39)(H,33,40)(H,34,36)(H,35,41)(H,37,38)(H4,29,30,31)/b17-12-/t19-,20-,21-,24-/m0/s1. The summed E-state index contributed by atoms with van der Waals surface area (Å²) in [5.41, 5.74) is 12.3. The first-order chi connectivity index (χ1) is 19.4. The zero-order valence-corrected chi connectivity index (χ0v) is 23.7. The Morgan fingerprint density at radius 1 is 1.00 bits per heavy atom. The minimum absolute atomic E-state index is 0.0954. The van der Waals surface area contributed by atoms with Crippen molar-refractivity contribution < 1.29 is 29.1 Å². The van der Waals surface area contributed by atoms with Crippen molar-refractivity contribution in [3.8, 4) is 0 Å². The van der Waals surface area contributed by atoms with E-state index >= 15 is 0 Å². The molecule has 0 unspecified atom stereocenters. The third-order valence-corrected chi connectivity index (χ3v) is 6.56. The molecule has 0 aliphatic carbocycles. The van der Waals surface area contributed by atoms with Crippen LogP contribution in [0.1, 0.15) is 45.6 Å². The first-order valence-electron chi connectivity index (χ1n) is 13.5. The van der Waals surface area contributed by atoms with Gasteiger partial charge in [0.15, 0.2) is 5.96 Å². The Kier molecular flexibility index (Phi) is 12.8. The molecule has 0 fully saturated rings. The van der Waals surface area contributed by atoms with Gasteiger partial charge in [-0.3, -0.25) is 29.0 Å². The van der Waals surface area contributed by atoms with Gasteiger partial charge in [-0.05, 0) is 37.7 Å². The zero-order valence-electron chi connectivity index (χ0n) is 23.7. The van der Waals surface area contributed by atoms with Crippen LogP contribution in [0.15, 0.2) is 47.0 Å².